The number of aromatic nitrogens is 2. The number of allylic oxidation sites excluding steroid dienone is 1. The van der Waals surface area contributed by atoms with Gasteiger partial charge in [0.05, 0.1) is 94.0 Å². The molecule has 26 heteroatoms. The van der Waals surface area contributed by atoms with Gasteiger partial charge >= 0.3 is 12.1 Å². The van der Waals surface area contributed by atoms with E-state index in [1.165, 1.54) is 36.0 Å². The third-order valence-corrected chi connectivity index (χ3v) is 16.5. The minimum Gasteiger partial charge on any atom is -0.458 e. The molecule has 2 aromatic carbocycles. The normalized spacial score (nSPS) is 18.6. The molecule has 4 aliphatic rings. The van der Waals surface area contributed by atoms with Gasteiger partial charge in [-0.3, -0.25) is 34.1 Å². The Labute approximate surface area is 527 Å². The number of aryl methyl sites for hydroxylation is 1. The number of nitrogens with zero attached hydrogens (tertiary/aromatic N) is 2. The Morgan fingerprint density at radius 3 is 2.22 bits per heavy atom. The number of aliphatic hydroxyl groups is 1. The highest BCUT2D eigenvalue weighted by Crippen LogP contribution is 2.46. The van der Waals surface area contributed by atoms with E-state index in [1.54, 1.807) is 58.0 Å². The maximum absolute atomic E-state index is 15.4. The molecule has 5 atom stereocenters. The number of nitrogens with one attached hydrogen (secondary N) is 6. The third-order valence-electron chi connectivity index (χ3n) is 16.5. The molecule has 25 nitrogen and oxygen atoms in total. The van der Waals surface area contributed by atoms with E-state index in [2.05, 4.69) is 44.9 Å². The minimum absolute atomic E-state index is 0.00118. The highest BCUT2D eigenvalue weighted by atomic mass is 19.1. The lowest BCUT2D eigenvalue weighted by molar-refractivity contribution is -0.172. The fraction of sp³-hybridized carbons (Fsp3) is 0.554. The second-order valence-electron chi connectivity index (χ2n) is 23.4. The van der Waals surface area contributed by atoms with Crippen molar-refractivity contribution < 1.29 is 81.0 Å². The number of rotatable bonds is 32. The number of hydrogen-bond acceptors (Lipinski definition) is 18. The zero-order valence-corrected chi connectivity index (χ0v) is 52.7. The van der Waals surface area contributed by atoms with Crippen molar-refractivity contribution in [2.75, 3.05) is 84.7 Å². The smallest absolute Gasteiger partial charge is 0.409 e. The molecule has 0 saturated carbocycles. The van der Waals surface area contributed by atoms with Gasteiger partial charge in [-0.15, -0.1) is 0 Å². The minimum atomic E-state index is -2.04. The van der Waals surface area contributed by atoms with E-state index >= 15 is 4.39 Å². The van der Waals surface area contributed by atoms with Crippen molar-refractivity contribution in [3.05, 3.63) is 103 Å². The van der Waals surface area contributed by atoms with Crippen LogP contribution >= 0.6 is 0 Å². The van der Waals surface area contributed by atoms with Gasteiger partial charge in [-0.05, 0) is 106 Å². The monoisotopic (exact) mass is 1270 g/mol. The number of anilines is 1. The average Bonchev–Trinajstić information content (AvgIpc) is 1.62. The summed E-state index contributed by atoms with van der Waals surface area (Å²) in [7, 11) is 0. The topological polar surface area (TPSA) is 321 Å². The molecular formula is C65H85FN8O17. The molecule has 6 amide bonds. The van der Waals surface area contributed by atoms with Crippen molar-refractivity contribution in [2.45, 2.75) is 149 Å². The van der Waals surface area contributed by atoms with Crippen molar-refractivity contribution in [2.24, 2.45) is 5.92 Å². The molecule has 2 aliphatic carbocycles. The molecule has 91 heavy (non-hydrogen) atoms. The SMILES string of the molecule is CC[C@@]1(O)C(=O)OCc2c1cc1n(c2=O)Cc2c-1nc1cc(F)c(C)c3c1c2[C@@H](NC(=O)COCNC(=O)OCc1ccc(NC(=O)[C@H](C)NC(=O)[C@@H](NC(=O)CCOCCOCCOCCOCCNC(=O)COC2/C=C(/C)CCCCC2)C(C)C)cc1)CC3. The maximum atomic E-state index is 15.4. The van der Waals surface area contributed by atoms with Crippen LogP contribution < -0.4 is 37.5 Å². The van der Waals surface area contributed by atoms with E-state index in [1.807, 2.05) is 0 Å². The molecule has 0 bridgehead atoms. The Morgan fingerprint density at radius 2 is 1.51 bits per heavy atom. The van der Waals surface area contributed by atoms with Gasteiger partial charge in [0, 0.05) is 41.2 Å². The molecular weight excluding hydrogens is 1180 g/mol. The van der Waals surface area contributed by atoms with E-state index < -0.39 is 77.4 Å². The largest absolute Gasteiger partial charge is 0.458 e. The van der Waals surface area contributed by atoms with Crippen LogP contribution in [0.1, 0.15) is 131 Å². The van der Waals surface area contributed by atoms with Crippen molar-refractivity contribution in [1.29, 1.82) is 0 Å². The highest BCUT2D eigenvalue weighted by Gasteiger charge is 2.46. The van der Waals surface area contributed by atoms with Crippen molar-refractivity contribution in [1.82, 2.24) is 36.1 Å². The number of halogens is 1. The lowest BCUT2D eigenvalue weighted by Crippen LogP contribution is -2.53. The second-order valence-corrected chi connectivity index (χ2v) is 23.4. The highest BCUT2D eigenvalue weighted by molar-refractivity contribution is 5.98. The number of alkyl carbamates (subject to hydrolysis) is 1. The van der Waals surface area contributed by atoms with Crippen LogP contribution in [0.25, 0.3) is 22.3 Å². The summed E-state index contributed by atoms with van der Waals surface area (Å²) in [4.78, 5) is 109. The van der Waals surface area contributed by atoms with Crippen LogP contribution in [0, 0.1) is 18.7 Å². The third kappa shape index (κ3) is 18.3. The summed E-state index contributed by atoms with van der Waals surface area (Å²) in [5.74, 6) is -3.74. The molecule has 0 fully saturated rings. The van der Waals surface area contributed by atoms with E-state index in [0.717, 1.165) is 24.8 Å². The first-order valence-corrected chi connectivity index (χ1v) is 31.2. The number of pyridine rings is 2. The van der Waals surface area contributed by atoms with Crippen LogP contribution in [-0.4, -0.2) is 154 Å². The fourth-order valence-electron chi connectivity index (χ4n) is 11.4. The zero-order chi connectivity index (χ0) is 65.2. The zero-order valence-electron chi connectivity index (χ0n) is 52.7. The fourth-order valence-corrected chi connectivity index (χ4v) is 11.4. The summed E-state index contributed by atoms with van der Waals surface area (Å²) in [5, 5.41) is 28.4. The van der Waals surface area contributed by atoms with E-state index in [0.29, 0.717) is 103 Å². The van der Waals surface area contributed by atoms with Crippen molar-refractivity contribution >= 4 is 58.2 Å². The number of cyclic esters (lactones) is 1. The Bertz CT molecular complexity index is 3370. The van der Waals surface area contributed by atoms with Crippen LogP contribution in [-0.2, 0) is 98.4 Å². The van der Waals surface area contributed by atoms with E-state index in [-0.39, 0.29) is 94.8 Å². The number of ether oxygens (including phenoxy) is 8. The predicted molar refractivity (Wildman–Crippen MR) is 329 cm³/mol. The molecule has 2 aromatic heterocycles. The Hall–Kier alpha value is -7.72. The molecule has 4 heterocycles. The quantitative estimate of drug-likeness (QED) is 0.0129. The van der Waals surface area contributed by atoms with Crippen molar-refractivity contribution in [3.63, 3.8) is 0 Å². The number of esters is 1. The summed E-state index contributed by atoms with van der Waals surface area (Å²) < 4.78 is 60.8. The first-order valence-electron chi connectivity index (χ1n) is 31.2. The van der Waals surface area contributed by atoms with Crippen LogP contribution in [0.5, 0.6) is 0 Å². The summed E-state index contributed by atoms with van der Waals surface area (Å²) in [6.07, 6.45) is 7.56. The molecule has 0 spiro atoms. The summed E-state index contributed by atoms with van der Waals surface area (Å²) >= 11 is 0. The molecule has 1 unspecified atom stereocenters. The maximum Gasteiger partial charge on any atom is 0.409 e. The lowest BCUT2D eigenvalue weighted by atomic mass is 9.81. The Morgan fingerprint density at radius 1 is 0.791 bits per heavy atom. The lowest BCUT2D eigenvalue weighted by Gasteiger charge is -2.31. The van der Waals surface area contributed by atoms with Gasteiger partial charge in [-0.25, -0.2) is 19.0 Å². The van der Waals surface area contributed by atoms with Gasteiger partial charge in [-0.1, -0.05) is 57.4 Å². The van der Waals surface area contributed by atoms with Gasteiger partial charge in [0.1, 0.15) is 51.1 Å². The molecule has 7 N–H and O–H groups in total. The summed E-state index contributed by atoms with van der Waals surface area (Å²) in [6, 6.07) is 6.87. The molecule has 4 aromatic rings. The molecule has 8 rings (SSSR count). The first-order chi connectivity index (χ1) is 43.8. The van der Waals surface area contributed by atoms with Gasteiger partial charge in [0.25, 0.3) is 5.56 Å². The van der Waals surface area contributed by atoms with Gasteiger partial charge in [-0.2, -0.15) is 0 Å². The number of carbonyl (C=O) groups is 7. The number of benzene rings is 2. The van der Waals surface area contributed by atoms with Crippen LogP contribution in [0.4, 0.5) is 14.9 Å². The molecule has 494 valence electrons. The van der Waals surface area contributed by atoms with Gasteiger partial charge in [0.2, 0.25) is 29.5 Å². The molecule has 0 radical (unpaired) electrons. The number of carbonyl (C=O) groups excluding carboxylic acids is 7. The van der Waals surface area contributed by atoms with E-state index in [9.17, 15) is 43.5 Å². The van der Waals surface area contributed by atoms with E-state index in [4.69, 9.17) is 42.9 Å². The molecule has 0 saturated heterocycles. The van der Waals surface area contributed by atoms with Crippen molar-refractivity contribution in [3.8, 4) is 11.4 Å². The van der Waals surface area contributed by atoms with Crippen LogP contribution in [0.3, 0.4) is 0 Å². The van der Waals surface area contributed by atoms with Crippen LogP contribution in [0.2, 0.25) is 0 Å². The Kier molecular flexibility index (Phi) is 25.1. The standard InChI is InChI=1S/C65H85FN8O17/c1-7-65(83)48-30-52-59-46(32-74(52)62(80)47(48)34-90-63(65)81)57-50(18-17-45-40(5)49(66)31-51(72-59)56(45)57)71-55(77)35-88-37-68-64(82)91-33-42-13-15-43(16-14-42)70-60(78)41(6)69-61(79)58(38(2)3)73-53(75)19-21-84-23-25-86-27-28-87-26-24-85-22-20-67-54(76)36-89-44-12-10-8-9-11-39(4)29-44/h13-16,29-31,38,41,44,50,58,83H,7-12,17-28,32-37H2,1-6H3,(H,67,76)(H,68,82)(H,69,79)(H,70,78)(H,71,77)(H,73,75)/b39-29-/t41-,44?,50-,58-,65-/m0/s1. The summed E-state index contributed by atoms with van der Waals surface area (Å²) in [5.41, 5.74) is 3.66. The molecule has 2 aliphatic heterocycles. The number of amides is 6. The van der Waals surface area contributed by atoms with Gasteiger partial charge in [0.15, 0.2) is 5.60 Å². The van der Waals surface area contributed by atoms with Gasteiger partial charge < -0.3 is 74.2 Å². The first kappa shape index (κ1) is 69.2. The Balaban J connectivity index is 0.670. The number of fused-ring (bicyclic) bond motifs is 5. The number of hydrogen-bond donors (Lipinski definition) is 7. The summed E-state index contributed by atoms with van der Waals surface area (Å²) in [6.45, 7) is 12.1. The predicted octanol–water partition coefficient (Wildman–Crippen LogP) is 4.98. The second kappa shape index (κ2) is 33.0. The van der Waals surface area contributed by atoms with Crippen LogP contribution in [0.15, 0.2) is 52.8 Å². The average molecular weight is 1270 g/mol.